The summed E-state index contributed by atoms with van der Waals surface area (Å²) < 4.78 is 19.6. The molecular formula is C22H26FNO2. The van der Waals surface area contributed by atoms with Gasteiger partial charge in [-0.15, -0.1) is 0 Å². The summed E-state index contributed by atoms with van der Waals surface area (Å²) in [5.41, 5.74) is 1.69. The van der Waals surface area contributed by atoms with Crippen LogP contribution < -0.4 is 5.32 Å². The van der Waals surface area contributed by atoms with Gasteiger partial charge in [-0.2, -0.15) is 0 Å². The second-order valence-corrected chi connectivity index (χ2v) is 8.15. The maximum absolute atomic E-state index is 14.1. The molecule has 138 valence electrons. The van der Waals surface area contributed by atoms with Crippen molar-refractivity contribution in [2.45, 2.75) is 52.2 Å². The first-order chi connectivity index (χ1) is 12.3. The molecule has 26 heavy (non-hydrogen) atoms. The van der Waals surface area contributed by atoms with E-state index in [0.29, 0.717) is 13.0 Å². The molecule has 0 aliphatic heterocycles. The highest BCUT2D eigenvalue weighted by molar-refractivity contribution is 5.80. The molecule has 1 N–H and O–H groups in total. The van der Waals surface area contributed by atoms with Crippen LogP contribution in [0.3, 0.4) is 0 Å². The fourth-order valence-corrected chi connectivity index (χ4v) is 3.04. The number of hydrogen-bond donors (Lipinski definition) is 1. The van der Waals surface area contributed by atoms with Crippen molar-refractivity contribution in [3.8, 4) is 0 Å². The molecular weight excluding hydrogens is 329 g/mol. The molecule has 0 aromatic heterocycles. The van der Waals surface area contributed by atoms with Gasteiger partial charge in [-0.3, -0.25) is 4.79 Å². The van der Waals surface area contributed by atoms with Crippen LogP contribution in [0.4, 0.5) is 10.1 Å². The molecule has 0 amide bonds. The highest BCUT2D eigenvalue weighted by Gasteiger charge is 2.52. The molecule has 1 fully saturated rings. The summed E-state index contributed by atoms with van der Waals surface area (Å²) in [5.74, 6) is -0.467. The van der Waals surface area contributed by atoms with Crippen molar-refractivity contribution in [2.75, 3.05) is 5.32 Å². The summed E-state index contributed by atoms with van der Waals surface area (Å²) in [5, 5.41) is 3.26. The molecule has 3 rings (SSSR count). The normalized spacial score (nSPS) is 15.4. The average Bonchev–Trinajstić information content (AvgIpc) is 3.33. The molecule has 3 nitrogen and oxygen atoms in total. The smallest absolute Gasteiger partial charge is 0.312 e. The van der Waals surface area contributed by atoms with Gasteiger partial charge in [0.15, 0.2) is 0 Å². The lowest BCUT2D eigenvalue weighted by Gasteiger charge is -2.24. The Morgan fingerprint density at radius 2 is 1.81 bits per heavy atom. The largest absolute Gasteiger partial charge is 0.460 e. The van der Waals surface area contributed by atoms with E-state index in [0.717, 1.165) is 29.7 Å². The summed E-state index contributed by atoms with van der Waals surface area (Å²) >= 11 is 0. The predicted octanol–water partition coefficient (Wildman–Crippen LogP) is 5.10. The van der Waals surface area contributed by atoms with Crippen molar-refractivity contribution in [3.05, 3.63) is 65.5 Å². The van der Waals surface area contributed by atoms with E-state index in [2.05, 4.69) is 5.32 Å². The van der Waals surface area contributed by atoms with Crippen LogP contribution in [0.25, 0.3) is 0 Å². The monoisotopic (exact) mass is 355 g/mol. The number of ether oxygens (including phenoxy) is 1. The topological polar surface area (TPSA) is 38.3 Å². The van der Waals surface area contributed by atoms with Gasteiger partial charge in [0.05, 0.1) is 5.41 Å². The molecule has 2 aromatic carbocycles. The molecule has 0 atom stereocenters. The Bertz CT molecular complexity index is 776. The minimum absolute atomic E-state index is 0.173. The van der Waals surface area contributed by atoms with Gasteiger partial charge in [-0.05, 0) is 69.4 Å². The molecule has 0 unspecified atom stereocenters. The van der Waals surface area contributed by atoms with E-state index in [1.807, 2.05) is 57.2 Å². The van der Waals surface area contributed by atoms with E-state index in [1.165, 1.54) is 12.1 Å². The Kier molecular flexibility index (Phi) is 5.03. The zero-order valence-electron chi connectivity index (χ0n) is 15.6. The highest BCUT2D eigenvalue weighted by Crippen LogP contribution is 2.50. The summed E-state index contributed by atoms with van der Waals surface area (Å²) in [7, 11) is 0. The number of esters is 1. The lowest BCUT2D eigenvalue weighted by Crippen LogP contribution is -2.30. The van der Waals surface area contributed by atoms with Crippen molar-refractivity contribution < 1.29 is 13.9 Å². The number of hydrogen-bond acceptors (Lipinski definition) is 3. The van der Waals surface area contributed by atoms with Gasteiger partial charge >= 0.3 is 5.97 Å². The summed E-state index contributed by atoms with van der Waals surface area (Å²) in [6, 6.07) is 14.9. The summed E-state index contributed by atoms with van der Waals surface area (Å²) in [6.45, 7) is 6.24. The molecule has 1 saturated carbocycles. The average molecular weight is 355 g/mol. The molecule has 0 bridgehead atoms. The number of carbonyl (C=O) groups excluding carboxylic acids is 1. The summed E-state index contributed by atoms with van der Waals surface area (Å²) in [4.78, 5) is 12.5. The SMILES string of the molecule is CC(C)(C)OC(=O)C1(Cc2cc(F)cc(NCc3ccccc3)c2)CC1. The number of halogens is 1. The van der Waals surface area contributed by atoms with Crippen LogP contribution in [-0.2, 0) is 22.5 Å². The minimum atomic E-state index is -0.503. The zero-order valence-corrected chi connectivity index (χ0v) is 15.6. The van der Waals surface area contributed by atoms with Gasteiger partial charge in [-0.25, -0.2) is 4.39 Å². The molecule has 1 aliphatic rings. The maximum atomic E-state index is 14.1. The number of benzene rings is 2. The molecule has 0 radical (unpaired) electrons. The number of rotatable bonds is 6. The Balaban J connectivity index is 1.69. The second kappa shape index (κ2) is 7.10. The number of nitrogens with one attached hydrogen (secondary N) is 1. The lowest BCUT2D eigenvalue weighted by molar-refractivity contribution is -0.161. The molecule has 2 aromatic rings. The Labute approximate surface area is 154 Å². The third-order valence-corrected chi connectivity index (χ3v) is 4.52. The second-order valence-electron chi connectivity index (χ2n) is 8.15. The van der Waals surface area contributed by atoms with Gasteiger partial charge in [0.1, 0.15) is 11.4 Å². The first-order valence-corrected chi connectivity index (χ1v) is 9.07. The van der Waals surface area contributed by atoms with Gasteiger partial charge in [0.2, 0.25) is 0 Å². The van der Waals surface area contributed by atoms with Crippen LogP contribution in [0.1, 0.15) is 44.7 Å². The summed E-state index contributed by atoms with van der Waals surface area (Å²) in [6.07, 6.45) is 2.11. The fourth-order valence-electron chi connectivity index (χ4n) is 3.04. The third kappa shape index (κ3) is 4.84. The quantitative estimate of drug-likeness (QED) is 0.733. The molecule has 1 aliphatic carbocycles. The molecule has 4 heteroatoms. The van der Waals surface area contributed by atoms with Gasteiger partial charge in [0.25, 0.3) is 0 Å². The van der Waals surface area contributed by atoms with Crippen molar-refractivity contribution in [1.29, 1.82) is 0 Å². The minimum Gasteiger partial charge on any atom is -0.460 e. The Morgan fingerprint density at radius 1 is 1.12 bits per heavy atom. The van der Waals surface area contributed by atoms with Crippen LogP contribution in [0.15, 0.2) is 48.5 Å². The Morgan fingerprint density at radius 3 is 2.42 bits per heavy atom. The van der Waals surface area contributed by atoms with Crippen LogP contribution in [0.5, 0.6) is 0 Å². The molecule has 0 spiro atoms. The van der Waals surface area contributed by atoms with Crippen molar-refractivity contribution >= 4 is 11.7 Å². The number of carbonyl (C=O) groups is 1. The first-order valence-electron chi connectivity index (χ1n) is 9.07. The predicted molar refractivity (Wildman–Crippen MR) is 101 cm³/mol. The van der Waals surface area contributed by atoms with Gasteiger partial charge in [-0.1, -0.05) is 30.3 Å². The van der Waals surface area contributed by atoms with E-state index in [1.54, 1.807) is 0 Å². The standard InChI is InChI=1S/C22H26FNO2/c1-21(2,3)26-20(25)22(9-10-22)14-17-11-18(23)13-19(12-17)24-15-16-7-5-4-6-8-16/h4-8,11-13,24H,9-10,14-15H2,1-3H3. The van der Waals surface area contributed by atoms with Crippen LogP contribution in [-0.4, -0.2) is 11.6 Å². The number of anilines is 1. The maximum Gasteiger partial charge on any atom is 0.312 e. The van der Waals surface area contributed by atoms with Gasteiger partial charge in [0, 0.05) is 12.2 Å². The van der Waals surface area contributed by atoms with E-state index in [-0.39, 0.29) is 11.8 Å². The fraction of sp³-hybridized carbons (Fsp3) is 0.409. The van der Waals surface area contributed by atoms with E-state index < -0.39 is 11.0 Å². The van der Waals surface area contributed by atoms with Crippen molar-refractivity contribution in [2.24, 2.45) is 5.41 Å². The highest BCUT2D eigenvalue weighted by atomic mass is 19.1. The van der Waals surface area contributed by atoms with Crippen molar-refractivity contribution in [1.82, 2.24) is 0 Å². The van der Waals surface area contributed by atoms with Crippen LogP contribution in [0.2, 0.25) is 0 Å². The lowest BCUT2D eigenvalue weighted by atomic mass is 9.95. The van der Waals surface area contributed by atoms with E-state index >= 15 is 0 Å². The Hall–Kier alpha value is -2.36. The van der Waals surface area contributed by atoms with E-state index in [9.17, 15) is 9.18 Å². The van der Waals surface area contributed by atoms with Crippen LogP contribution in [0, 0.1) is 11.2 Å². The van der Waals surface area contributed by atoms with Crippen LogP contribution >= 0.6 is 0 Å². The van der Waals surface area contributed by atoms with Gasteiger partial charge < -0.3 is 10.1 Å². The molecule has 0 saturated heterocycles. The first kappa shape index (κ1) is 18.4. The van der Waals surface area contributed by atoms with E-state index in [4.69, 9.17) is 4.74 Å². The van der Waals surface area contributed by atoms with Crippen molar-refractivity contribution in [3.63, 3.8) is 0 Å². The molecule has 0 heterocycles. The third-order valence-electron chi connectivity index (χ3n) is 4.52. The zero-order chi connectivity index (χ0) is 18.8.